The number of nitro groups is 5. The highest BCUT2D eigenvalue weighted by atomic mass is 16.6. The molecule has 0 bridgehead atoms. The monoisotopic (exact) mass is 896 g/mol. The van der Waals surface area contributed by atoms with Crippen molar-refractivity contribution in [2.24, 2.45) is 0 Å². The van der Waals surface area contributed by atoms with E-state index < -0.39 is 24.6 Å². The number of anilines is 5. The SMILES string of the molecule is CNc1cc(OC)ccc1[N+](=O)[O-].CNc1cc(OC)ccc1[N+](=O)[O-].COc1ccc([N+](=O)[O-])c(N(C)C)c1.COc1ccc([N+](=O)[O-])c(N)c1.COc1ccc([N+](=O)[O-])c(N)c1. The molecular weight excluding hydrogens is 848 g/mol. The van der Waals surface area contributed by atoms with E-state index in [1.807, 2.05) is 0 Å². The maximum Gasteiger partial charge on any atom is 0.292 e. The molecule has 0 amide bonds. The van der Waals surface area contributed by atoms with Gasteiger partial charge in [0, 0.05) is 88.9 Å². The summed E-state index contributed by atoms with van der Waals surface area (Å²) < 4.78 is 24.5. The summed E-state index contributed by atoms with van der Waals surface area (Å²) in [6.45, 7) is 0. The second kappa shape index (κ2) is 26.3. The Morgan fingerprint density at radius 2 is 0.672 bits per heavy atom. The summed E-state index contributed by atoms with van der Waals surface area (Å²) in [5.74, 6) is 2.82. The van der Waals surface area contributed by atoms with Gasteiger partial charge in [-0.2, -0.15) is 0 Å². The highest BCUT2D eigenvalue weighted by Crippen LogP contribution is 2.32. The van der Waals surface area contributed by atoms with Gasteiger partial charge in [0.2, 0.25) is 0 Å². The van der Waals surface area contributed by atoms with E-state index in [9.17, 15) is 50.6 Å². The van der Waals surface area contributed by atoms with Crippen molar-refractivity contribution in [2.75, 3.05) is 90.7 Å². The van der Waals surface area contributed by atoms with Crippen molar-refractivity contribution in [1.82, 2.24) is 0 Å². The Bertz CT molecular complexity index is 2250. The van der Waals surface area contributed by atoms with Gasteiger partial charge < -0.3 is 50.7 Å². The van der Waals surface area contributed by atoms with Crippen molar-refractivity contribution < 1.29 is 48.3 Å². The van der Waals surface area contributed by atoms with Crippen LogP contribution in [0, 0.1) is 50.6 Å². The van der Waals surface area contributed by atoms with Crippen molar-refractivity contribution in [3.05, 3.63) is 142 Å². The van der Waals surface area contributed by atoms with E-state index in [4.69, 9.17) is 35.2 Å². The van der Waals surface area contributed by atoms with Crippen molar-refractivity contribution in [2.45, 2.75) is 0 Å². The van der Waals surface area contributed by atoms with E-state index >= 15 is 0 Å². The topological polar surface area (TPSA) is 341 Å². The zero-order chi connectivity index (χ0) is 48.7. The lowest BCUT2D eigenvalue weighted by Crippen LogP contribution is -2.11. The molecule has 0 atom stereocenters. The number of nitrogen functional groups attached to an aromatic ring is 2. The van der Waals surface area contributed by atoms with Crippen LogP contribution in [-0.4, -0.2) is 88.4 Å². The molecule has 5 rings (SSSR count). The predicted octanol–water partition coefficient (Wildman–Crippen LogP) is 7.33. The van der Waals surface area contributed by atoms with E-state index in [0.717, 1.165) is 0 Å². The highest BCUT2D eigenvalue weighted by molar-refractivity contribution is 5.66. The molecule has 0 aliphatic carbocycles. The zero-order valence-electron chi connectivity index (χ0n) is 36.1. The molecule has 0 spiro atoms. The molecule has 5 aromatic carbocycles. The first kappa shape index (κ1) is 53.1. The summed E-state index contributed by atoms with van der Waals surface area (Å²) in [5.41, 5.74) is 12.4. The van der Waals surface area contributed by atoms with Gasteiger partial charge in [0.05, 0.1) is 60.2 Å². The normalized spacial score (nSPS) is 9.45. The first-order valence-corrected chi connectivity index (χ1v) is 17.9. The van der Waals surface area contributed by atoms with Crippen LogP contribution in [-0.2, 0) is 0 Å². The number of nitrogens with one attached hydrogen (secondary N) is 2. The smallest absolute Gasteiger partial charge is 0.292 e. The van der Waals surface area contributed by atoms with Gasteiger partial charge in [-0.1, -0.05) is 0 Å². The molecule has 64 heavy (non-hydrogen) atoms. The summed E-state index contributed by atoms with van der Waals surface area (Å²) in [4.78, 5) is 51.6. The summed E-state index contributed by atoms with van der Waals surface area (Å²) in [5, 5.41) is 57.7. The second-order valence-corrected chi connectivity index (χ2v) is 12.2. The maximum atomic E-state index is 10.7. The molecule has 0 radical (unpaired) electrons. The summed E-state index contributed by atoms with van der Waals surface area (Å²) in [6, 6.07) is 22.2. The van der Waals surface area contributed by atoms with E-state index in [1.165, 1.54) is 90.1 Å². The molecule has 0 unspecified atom stereocenters. The maximum absolute atomic E-state index is 10.7. The van der Waals surface area contributed by atoms with Crippen LogP contribution < -0.4 is 50.7 Å². The van der Waals surface area contributed by atoms with Crippen molar-refractivity contribution in [3.8, 4) is 28.7 Å². The van der Waals surface area contributed by atoms with Gasteiger partial charge in [0.1, 0.15) is 57.2 Å². The van der Waals surface area contributed by atoms with Crippen LogP contribution in [0.2, 0.25) is 0 Å². The number of ether oxygens (including phenoxy) is 5. The van der Waals surface area contributed by atoms with Crippen molar-refractivity contribution in [3.63, 3.8) is 0 Å². The van der Waals surface area contributed by atoms with Gasteiger partial charge in [-0.05, 0) is 30.3 Å². The average molecular weight is 897 g/mol. The third kappa shape index (κ3) is 16.3. The molecular formula is C39H48N10O15. The van der Waals surface area contributed by atoms with Crippen LogP contribution in [0.25, 0.3) is 0 Å². The summed E-state index contributed by atoms with van der Waals surface area (Å²) in [6.07, 6.45) is 0. The zero-order valence-corrected chi connectivity index (χ0v) is 36.1. The Morgan fingerprint density at radius 3 is 0.906 bits per heavy atom. The lowest BCUT2D eigenvalue weighted by molar-refractivity contribution is -0.384. The molecule has 0 saturated heterocycles. The fourth-order valence-electron chi connectivity index (χ4n) is 4.80. The summed E-state index contributed by atoms with van der Waals surface area (Å²) in [7, 11) is 14.3. The molecule has 25 heteroatoms. The number of nitrogens with zero attached hydrogens (tertiary/aromatic N) is 6. The average Bonchev–Trinajstić information content (AvgIpc) is 3.28. The quantitative estimate of drug-likeness (QED) is 0.0510. The first-order valence-electron chi connectivity index (χ1n) is 17.9. The molecule has 5 aromatic rings. The number of nitrogens with two attached hydrogens (primary N) is 2. The molecule has 6 N–H and O–H groups in total. The van der Waals surface area contributed by atoms with Gasteiger partial charge in [-0.15, -0.1) is 0 Å². The van der Waals surface area contributed by atoms with Crippen LogP contribution in [0.5, 0.6) is 28.7 Å². The number of hydrogen-bond acceptors (Lipinski definition) is 20. The minimum absolute atomic E-state index is 0.0447. The van der Waals surface area contributed by atoms with Gasteiger partial charge in [0.15, 0.2) is 0 Å². The lowest BCUT2D eigenvalue weighted by Gasteiger charge is -2.13. The van der Waals surface area contributed by atoms with Gasteiger partial charge in [-0.3, -0.25) is 50.6 Å². The van der Waals surface area contributed by atoms with Crippen LogP contribution in [0.3, 0.4) is 0 Å². The lowest BCUT2D eigenvalue weighted by atomic mass is 10.2. The predicted molar refractivity (Wildman–Crippen MR) is 240 cm³/mol. The molecule has 0 saturated carbocycles. The van der Waals surface area contributed by atoms with Crippen LogP contribution in [0.1, 0.15) is 0 Å². The molecule has 0 aliphatic rings. The fourth-order valence-corrected chi connectivity index (χ4v) is 4.80. The Balaban J connectivity index is 0.000000400. The van der Waals surface area contributed by atoms with Gasteiger partial charge in [0.25, 0.3) is 28.4 Å². The third-order valence-electron chi connectivity index (χ3n) is 8.06. The van der Waals surface area contributed by atoms with Crippen molar-refractivity contribution >= 4 is 56.9 Å². The Hall–Kier alpha value is -8.90. The van der Waals surface area contributed by atoms with Crippen LogP contribution >= 0.6 is 0 Å². The molecule has 0 aliphatic heterocycles. The molecule has 0 aromatic heterocycles. The van der Waals surface area contributed by atoms with Crippen molar-refractivity contribution in [1.29, 1.82) is 0 Å². The first-order chi connectivity index (χ1) is 30.2. The Morgan fingerprint density at radius 1 is 0.422 bits per heavy atom. The van der Waals surface area contributed by atoms with Crippen LogP contribution in [0.4, 0.5) is 56.9 Å². The number of hydrogen-bond donors (Lipinski definition) is 4. The van der Waals surface area contributed by atoms with Gasteiger partial charge >= 0.3 is 0 Å². The summed E-state index contributed by atoms with van der Waals surface area (Å²) >= 11 is 0. The number of nitro benzene ring substituents is 5. The Labute approximate surface area is 365 Å². The second-order valence-electron chi connectivity index (χ2n) is 12.2. The molecule has 344 valence electrons. The standard InChI is InChI=1S/C9H12N2O3.2C8H10N2O3.2C7H8N2O3/c1-10(2)9-6-7(14-3)4-5-8(9)11(12)13;2*1-9-7-5-6(13-2)3-4-8(7)10(11)12;2*1-12-5-2-3-7(9(10)11)6(8)4-5/h4-6H,1-3H3;2*3-5,9H,1-2H3;2*2-4H,8H2,1H3. The van der Waals surface area contributed by atoms with Crippen LogP contribution in [0.15, 0.2) is 91.0 Å². The van der Waals surface area contributed by atoms with E-state index in [-0.39, 0.29) is 39.8 Å². The molecule has 25 nitrogen and oxygen atoms in total. The van der Waals surface area contributed by atoms with E-state index in [2.05, 4.69) is 10.6 Å². The molecule has 0 fully saturated rings. The fraction of sp³-hybridized carbons (Fsp3) is 0.231. The van der Waals surface area contributed by atoms with Gasteiger partial charge in [-0.25, -0.2) is 0 Å². The van der Waals surface area contributed by atoms with E-state index in [0.29, 0.717) is 45.8 Å². The largest absolute Gasteiger partial charge is 0.497 e. The number of benzene rings is 5. The highest BCUT2D eigenvalue weighted by Gasteiger charge is 2.17. The number of methoxy groups -OCH3 is 5. The molecule has 0 heterocycles. The number of rotatable bonds is 13. The van der Waals surface area contributed by atoms with E-state index in [1.54, 1.807) is 69.5 Å². The third-order valence-corrected chi connectivity index (χ3v) is 8.06. The Kier molecular flexibility index (Phi) is 21.9. The minimum atomic E-state index is -0.533. The minimum Gasteiger partial charge on any atom is -0.497 e.